The highest BCUT2D eigenvalue weighted by Gasteiger charge is 2.33. The molecule has 6 nitrogen and oxygen atoms in total. The molecule has 146 valence electrons. The van der Waals surface area contributed by atoms with E-state index in [1.165, 1.54) is 4.31 Å². The number of aryl methyl sites for hydroxylation is 1. The number of carbonyl (C=O) groups excluding carboxylic acids is 1. The molecule has 1 aliphatic rings. The summed E-state index contributed by atoms with van der Waals surface area (Å²) in [6, 6.07) is 4.86. The second-order valence-corrected chi connectivity index (χ2v) is 8.77. The van der Waals surface area contributed by atoms with Crippen LogP contribution >= 0.6 is 0 Å². The fraction of sp³-hybridized carbons (Fsp3) is 0.632. The molecule has 2 rings (SSSR count). The molecule has 7 heteroatoms. The van der Waals surface area contributed by atoms with E-state index in [1.54, 1.807) is 25.3 Å². The Kier molecular flexibility index (Phi) is 7.46. The Morgan fingerprint density at radius 2 is 2.12 bits per heavy atom. The molecule has 0 bridgehead atoms. The standard InChI is InChI=1S/C19H30N2O4S/c1-4-5-6-11-20-19(22)16-8-7-12-21(14-16)26(23,24)17-9-10-18(25-3)15(2)13-17/h9-10,13,16H,4-8,11-12,14H2,1-3H3,(H,20,22)/t16-/m1/s1. The lowest BCUT2D eigenvalue weighted by atomic mass is 9.99. The van der Waals surface area contributed by atoms with Gasteiger partial charge in [-0.05, 0) is 49.9 Å². The molecular weight excluding hydrogens is 352 g/mol. The monoisotopic (exact) mass is 382 g/mol. The van der Waals surface area contributed by atoms with Crippen LogP contribution in [0, 0.1) is 12.8 Å². The van der Waals surface area contributed by atoms with Crippen molar-refractivity contribution in [2.45, 2.75) is 50.8 Å². The summed E-state index contributed by atoms with van der Waals surface area (Å²) < 4.78 is 32.6. The molecule has 0 saturated carbocycles. The molecular formula is C19H30N2O4S. The first-order valence-corrected chi connectivity index (χ1v) is 10.8. The number of carbonyl (C=O) groups is 1. The molecule has 1 saturated heterocycles. The molecule has 1 atom stereocenters. The Hall–Kier alpha value is -1.60. The van der Waals surface area contributed by atoms with Crippen molar-refractivity contribution in [2.75, 3.05) is 26.7 Å². The van der Waals surface area contributed by atoms with Crippen LogP contribution in [0.25, 0.3) is 0 Å². The number of hydrogen-bond donors (Lipinski definition) is 1. The number of nitrogens with zero attached hydrogens (tertiary/aromatic N) is 1. The van der Waals surface area contributed by atoms with E-state index < -0.39 is 10.0 Å². The van der Waals surface area contributed by atoms with Gasteiger partial charge in [-0.1, -0.05) is 19.8 Å². The van der Waals surface area contributed by atoms with Crippen LogP contribution in [0.2, 0.25) is 0 Å². The van der Waals surface area contributed by atoms with Gasteiger partial charge in [0.25, 0.3) is 0 Å². The van der Waals surface area contributed by atoms with Crippen LogP contribution in [-0.4, -0.2) is 45.4 Å². The number of hydrogen-bond acceptors (Lipinski definition) is 4. The average molecular weight is 383 g/mol. The van der Waals surface area contributed by atoms with E-state index in [0.29, 0.717) is 25.3 Å². The van der Waals surface area contributed by atoms with Gasteiger partial charge in [0.15, 0.2) is 0 Å². The maximum atomic E-state index is 13.0. The third kappa shape index (κ3) is 4.98. The number of rotatable bonds is 8. The molecule has 0 radical (unpaired) electrons. The quantitative estimate of drug-likeness (QED) is 0.702. The third-order valence-corrected chi connectivity index (χ3v) is 6.70. The number of nitrogens with one attached hydrogen (secondary N) is 1. The first-order chi connectivity index (χ1) is 12.4. The summed E-state index contributed by atoms with van der Waals surface area (Å²) in [7, 11) is -2.05. The molecule has 0 aliphatic carbocycles. The van der Waals surface area contributed by atoms with Gasteiger partial charge in [-0.3, -0.25) is 4.79 Å². The van der Waals surface area contributed by atoms with Gasteiger partial charge in [0.1, 0.15) is 5.75 Å². The highest BCUT2D eigenvalue weighted by molar-refractivity contribution is 7.89. The van der Waals surface area contributed by atoms with E-state index in [9.17, 15) is 13.2 Å². The first-order valence-electron chi connectivity index (χ1n) is 9.32. The Labute approximate surface area is 157 Å². The molecule has 1 aromatic carbocycles. The van der Waals surface area contributed by atoms with Gasteiger partial charge in [-0.2, -0.15) is 4.31 Å². The molecule has 0 spiro atoms. The minimum Gasteiger partial charge on any atom is -0.496 e. The van der Waals surface area contributed by atoms with Crippen molar-refractivity contribution in [3.63, 3.8) is 0 Å². The van der Waals surface area contributed by atoms with Gasteiger partial charge in [-0.15, -0.1) is 0 Å². The lowest BCUT2D eigenvalue weighted by molar-refractivity contribution is -0.126. The normalized spacial score (nSPS) is 18.5. The average Bonchev–Trinajstić information content (AvgIpc) is 2.65. The van der Waals surface area contributed by atoms with Crippen molar-refractivity contribution in [3.8, 4) is 5.75 Å². The van der Waals surface area contributed by atoms with Gasteiger partial charge >= 0.3 is 0 Å². The van der Waals surface area contributed by atoms with Gasteiger partial charge in [0.05, 0.1) is 17.9 Å². The molecule has 26 heavy (non-hydrogen) atoms. The summed E-state index contributed by atoms with van der Waals surface area (Å²) >= 11 is 0. The molecule has 1 aromatic rings. The number of piperidine rings is 1. The fourth-order valence-corrected chi connectivity index (χ4v) is 4.88. The summed E-state index contributed by atoms with van der Waals surface area (Å²) in [5, 5.41) is 2.95. The minimum absolute atomic E-state index is 0.0353. The molecule has 0 unspecified atom stereocenters. The second kappa shape index (κ2) is 9.37. The summed E-state index contributed by atoms with van der Waals surface area (Å²) in [5.41, 5.74) is 0.774. The Balaban J connectivity index is 2.05. The summed E-state index contributed by atoms with van der Waals surface area (Å²) in [6.07, 6.45) is 4.58. The van der Waals surface area contributed by atoms with Crippen LogP contribution in [0.5, 0.6) is 5.75 Å². The Morgan fingerprint density at radius 1 is 1.35 bits per heavy atom. The maximum Gasteiger partial charge on any atom is 0.243 e. The SMILES string of the molecule is CCCCCNC(=O)[C@@H]1CCCN(S(=O)(=O)c2ccc(OC)c(C)c2)C1. The smallest absolute Gasteiger partial charge is 0.243 e. The zero-order valence-electron chi connectivity index (χ0n) is 16.0. The Bertz CT molecular complexity index is 718. The first kappa shape index (κ1) is 20.7. The van der Waals surface area contributed by atoms with Gasteiger partial charge in [0, 0.05) is 19.6 Å². The Morgan fingerprint density at radius 3 is 2.77 bits per heavy atom. The third-order valence-electron chi connectivity index (χ3n) is 4.84. The molecule has 1 fully saturated rings. The van der Waals surface area contributed by atoms with Crippen molar-refractivity contribution < 1.29 is 17.9 Å². The van der Waals surface area contributed by atoms with Crippen LogP contribution in [0.3, 0.4) is 0 Å². The summed E-state index contributed by atoms with van der Waals surface area (Å²) in [4.78, 5) is 12.6. The number of sulfonamides is 1. The van der Waals surface area contributed by atoms with Crippen molar-refractivity contribution in [1.29, 1.82) is 0 Å². The van der Waals surface area contributed by atoms with E-state index in [-0.39, 0.29) is 23.3 Å². The van der Waals surface area contributed by atoms with E-state index in [4.69, 9.17) is 4.74 Å². The van der Waals surface area contributed by atoms with E-state index in [0.717, 1.165) is 31.2 Å². The van der Waals surface area contributed by atoms with E-state index in [2.05, 4.69) is 12.2 Å². The van der Waals surface area contributed by atoms with Gasteiger partial charge in [-0.25, -0.2) is 8.42 Å². The maximum absolute atomic E-state index is 13.0. The van der Waals surface area contributed by atoms with Crippen LogP contribution in [0.15, 0.2) is 23.1 Å². The molecule has 1 amide bonds. The van der Waals surface area contributed by atoms with Crippen LogP contribution in [0.1, 0.15) is 44.6 Å². The molecule has 0 aromatic heterocycles. The van der Waals surface area contributed by atoms with Crippen molar-refractivity contribution in [3.05, 3.63) is 23.8 Å². The zero-order valence-corrected chi connectivity index (χ0v) is 16.8. The minimum atomic E-state index is -3.61. The highest BCUT2D eigenvalue weighted by atomic mass is 32.2. The highest BCUT2D eigenvalue weighted by Crippen LogP contribution is 2.27. The largest absolute Gasteiger partial charge is 0.496 e. The van der Waals surface area contributed by atoms with Crippen LogP contribution in [-0.2, 0) is 14.8 Å². The topological polar surface area (TPSA) is 75.7 Å². The number of benzene rings is 1. The number of ether oxygens (including phenoxy) is 1. The van der Waals surface area contributed by atoms with Crippen LogP contribution < -0.4 is 10.1 Å². The zero-order chi connectivity index (χ0) is 19.2. The van der Waals surface area contributed by atoms with Crippen molar-refractivity contribution >= 4 is 15.9 Å². The summed E-state index contributed by atoms with van der Waals surface area (Å²) in [6.45, 7) is 5.29. The number of methoxy groups -OCH3 is 1. The lowest BCUT2D eigenvalue weighted by Crippen LogP contribution is -2.45. The van der Waals surface area contributed by atoms with Crippen molar-refractivity contribution in [2.24, 2.45) is 5.92 Å². The molecule has 1 heterocycles. The molecule has 1 N–H and O–H groups in total. The van der Waals surface area contributed by atoms with Crippen molar-refractivity contribution in [1.82, 2.24) is 9.62 Å². The number of unbranched alkanes of at least 4 members (excludes halogenated alkanes) is 2. The number of amides is 1. The van der Waals surface area contributed by atoms with E-state index in [1.807, 2.05) is 6.92 Å². The van der Waals surface area contributed by atoms with E-state index >= 15 is 0 Å². The lowest BCUT2D eigenvalue weighted by Gasteiger charge is -2.31. The summed E-state index contributed by atoms with van der Waals surface area (Å²) in [5.74, 6) is 0.346. The second-order valence-electron chi connectivity index (χ2n) is 6.83. The molecule has 1 aliphatic heterocycles. The van der Waals surface area contributed by atoms with Gasteiger partial charge < -0.3 is 10.1 Å². The van der Waals surface area contributed by atoms with Gasteiger partial charge in [0.2, 0.25) is 15.9 Å². The predicted octanol–water partition coefficient (Wildman–Crippen LogP) is 2.71. The van der Waals surface area contributed by atoms with Crippen LogP contribution in [0.4, 0.5) is 0 Å². The predicted molar refractivity (Wildman–Crippen MR) is 102 cm³/mol. The fourth-order valence-electron chi connectivity index (χ4n) is 3.27.